The lowest BCUT2D eigenvalue weighted by atomic mass is 10.1. The topological polar surface area (TPSA) is 104 Å². The SMILES string of the molecule is O=C(NCCCCNCCNc1cccc2c1OCCCC2)c1nc2ncccc2[nH]1. The molecule has 2 aromatic heterocycles. The first-order valence-corrected chi connectivity index (χ1v) is 11.1. The normalized spacial score (nSPS) is 13.3. The fourth-order valence-corrected chi connectivity index (χ4v) is 3.71. The quantitative estimate of drug-likeness (QED) is 0.375. The molecular weight excluding hydrogens is 392 g/mol. The molecule has 1 aromatic carbocycles. The lowest BCUT2D eigenvalue weighted by Gasteiger charge is -2.15. The number of carbonyl (C=O) groups is 1. The van der Waals surface area contributed by atoms with Crippen LogP contribution in [-0.4, -0.2) is 53.6 Å². The number of pyridine rings is 1. The number of aromatic amines is 1. The summed E-state index contributed by atoms with van der Waals surface area (Å²) in [5.74, 6) is 1.14. The van der Waals surface area contributed by atoms with Crippen LogP contribution in [0.2, 0.25) is 0 Å². The molecule has 1 aliphatic rings. The van der Waals surface area contributed by atoms with Crippen molar-refractivity contribution in [2.75, 3.05) is 38.1 Å². The number of rotatable bonds is 10. The van der Waals surface area contributed by atoms with Crippen molar-refractivity contribution in [3.63, 3.8) is 0 Å². The second kappa shape index (κ2) is 10.8. The van der Waals surface area contributed by atoms with Crippen molar-refractivity contribution in [2.24, 2.45) is 0 Å². The van der Waals surface area contributed by atoms with Crippen molar-refractivity contribution in [1.82, 2.24) is 25.6 Å². The van der Waals surface area contributed by atoms with Crippen LogP contribution in [0.25, 0.3) is 11.2 Å². The maximum absolute atomic E-state index is 12.2. The average molecular weight is 423 g/mol. The van der Waals surface area contributed by atoms with Gasteiger partial charge in [0.15, 0.2) is 11.5 Å². The van der Waals surface area contributed by atoms with Crippen molar-refractivity contribution in [2.45, 2.75) is 32.1 Å². The van der Waals surface area contributed by atoms with Crippen LogP contribution in [0, 0.1) is 0 Å². The first-order chi connectivity index (χ1) is 15.3. The number of imidazole rings is 1. The third-order valence-electron chi connectivity index (χ3n) is 5.34. The van der Waals surface area contributed by atoms with Crippen LogP contribution in [0.5, 0.6) is 5.75 Å². The molecule has 4 rings (SSSR count). The maximum atomic E-state index is 12.2. The molecule has 0 aliphatic carbocycles. The minimum atomic E-state index is -0.195. The van der Waals surface area contributed by atoms with Gasteiger partial charge >= 0.3 is 0 Å². The highest BCUT2D eigenvalue weighted by molar-refractivity contribution is 5.93. The number of amides is 1. The second-order valence-electron chi connectivity index (χ2n) is 7.70. The minimum absolute atomic E-state index is 0.195. The Morgan fingerprint density at radius 1 is 1.06 bits per heavy atom. The Kier molecular flexibility index (Phi) is 7.33. The predicted octanol–water partition coefficient (Wildman–Crippen LogP) is 2.88. The number of benzene rings is 1. The highest BCUT2D eigenvalue weighted by Gasteiger charge is 2.13. The second-order valence-corrected chi connectivity index (χ2v) is 7.70. The molecule has 164 valence electrons. The first-order valence-electron chi connectivity index (χ1n) is 11.1. The fraction of sp³-hybridized carbons (Fsp3) is 0.435. The number of fused-ring (bicyclic) bond motifs is 2. The van der Waals surface area contributed by atoms with Gasteiger partial charge in [-0.15, -0.1) is 0 Å². The number of hydrogen-bond donors (Lipinski definition) is 4. The van der Waals surface area contributed by atoms with Gasteiger partial charge in [-0.1, -0.05) is 12.1 Å². The van der Waals surface area contributed by atoms with Crippen LogP contribution < -0.4 is 20.7 Å². The number of unbranched alkanes of at least 4 members (excludes halogenated alkanes) is 1. The van der Waals surface area contributed by atoms with Crippen LogP contribution in [0.15, 0.2) is 36.5 Å². The molecule has 31 heavy (non-hydrogen) atoms. The summed E-state index contributed by atoms with van der Waals surface area (Å²) in [6, 6.07) is 10.0. The molecule has 0 atom stereocenters. The fourth-order valence-electron chi connectivity index (χ4n) is 3.71. The largest absolute Gasteiger partial charge is 0.491 e. The van der Waals surface area contributed by atoms with Crippen molar-refractivity contribution < 1.29 is 9.53 Å². The van der Waals surface area contributed by atoms with Crippen LogP contribution in [0.4, 0.5) is 5.69 Å². The molecule has 0 saturated heterocycles. The molecule has 0 radical (unpaired) electrons. The maximum Gasteiger partial charge on any atom is 0.287 e. The van der Waals surface area contributed by atoms with Gasteiger partial charge in [0.2, 0.25) is 0 Å². The van der Waals surface area contributed by atoms with E-state index in [9.17, 15) is 4.79 Å². The molecule has 8 nitrogen and oxygen atoms in total. The third-order valence-corrected chi connectivity index (χ3v) is 5.34. The molecule has 0 spiro atoms. The predicted molar refractivity (Wildman–Crippen MR) is 122 cm³/mol. The number of carbonyl (C=O) groups excluding carboxylic acids is 1. The molecule has 0 fully saturated rings. The van der Waals surface area contributed by atoms with Gasteiger partial charge in [0.25, 0.3) is 5.91 Å². The Bertz CT molecular complexity index is 970. The highest BCUT2D eigenvalue weighted by Crippen LogP contribution is 2.32. The third kappa shape index (κ3) is 5.73. The standard InChI is InChI=1S/C23H30N6O2/c30-23(22-28-19-10-6-13-26-21(19)29-22)27-12-3-2-11-24-14-15-25-18-9-5-8-17-7-1-4-16-31-20(17)18/h5-6,8-10,13,24-25H,1-4,7,11-12,14-16H2,(H,27,30)(H,26,28,29). The summed E-state index contributed by atoms with van der Waals surface area (Å²) in [6.07, 6.45) is 6.96. The van der Waals surface area contributed by atoms with Crippen LogP contribution in [0.1, 0.15) is 41.9 Å². The smallest absolute Gasteiger partial charge is 0.287 e. The van der Waals surface area contributed by atoms with Gasteiger partial charge in [-0.2, -0.15) is 0 Å². The zero-order valence-electron chi connectivity index (χ0n) is 17.7. The Morgan fingerprint density at radius 2 is 2.00 bits per heavy atom. The van der Waals surface area contributed by atoms with Crippen molar-refractivity contribution in [1.29, 1.82) is 0 Å². The Labute approximate surface area is 182 Å². The zero-order valence-corrected chi connectivity index (χ0v) is 17.7. The molecule has 1 aliphatic heterocycles. The summed E-state index contributed by atoms with van der Waals surface area (Å²) in [4.78, 5) is 23.5. The first kappa shape index (κ1) is 21.1. The molecule has 0 unspecified atom stereocenters. The van der Waals surface area contributed by atoms with E-state index in [1.807, 2.05) is 12.1 Å². The van der Waals surface area contributed by atoms with E-state index in [-0.39, 0.29) is 5.91 Å². The molecule has 3 aromatic rings. The number of nitrogens with zero attached hydrogens (tertiary/aromatic N) is 2. The van der Waals surface area contributed by atoms with Crippen molar-refractivity contribution in [3.05, 3.63) is 47.9 Å². The Hall–Kier alpha value is -3.13. The van der Waals surface area contributed by atoms with E-state index in [1.54, 1.807) is 6.20 Å². The number of H-pyrrole nitrogens is 1. The number of nitrogens with one attached hydrogen (secondary N) is 4. The number of aromatic nitrogens is 3. The van der Waals surface area contributed by atoms with Gasteiger partial charge in [-0.3, -0.25) is 4.79 Å². The van der Waals surface area contributed by atoms with Gasteiger partial charge < -0.3 is 25.7 Å². The van der Waals surface area contributed by atoms with Crippen molar-refractivity contribution >= 4 is 22.8 Å². The van der Waals surface area contributed by atoms with Crippen LogP contribution in [0.3, 0.4) is 0 Å². The Balaban J connectivity index is 1.08. The monoisotopic (exact) mass is 422 g/mol. The Morgan fingerprint density at radius 3 is 2.94 bits per heavy atom. The van der Waals surface area contributed by atoms with E-state index in [0.717, 1.165) is 68.9 Å². The molecule has 0 saturated carbocycles. The number of aryl methyl sites for hydroxylation is 1. The molecule has 8 heteroatoms. The van der Waals surface area contributed by atoms with Gasteiger partial charge in [0.1, 0.15) is 5.75 Å². The van der Waals surface area contributed by atoms with Gasteiger partial charge in [-0.25, -0.2) is 9.97 Å². The summed E-state index contributed by atoms with van der Waals surface area (Å²) in [7, 11) is 0. The van der Waals surface area contributed by atoms with E-state index >= 15 is 0 Å². The molecule has 1 amide bonds. The summed E-state index contributed by atoms with van der Waals surface area (Å²) in [6.45, 7) is 4.05. The molecule has 3 heterocycles. The zero-order chi connectivity index (χ0) is 21.3. The van der Waals surface area contributed by atoms with E-state index in [0.29, 0.717) is 18.0 Å². The molecular formula is C23H30N6O2. The van der Waals surface area contributed by atoms with E-state index in [1.165, 1.54) is 12.0 Å². The van der Waals surface area contributed by atoms with Gasteiger partial charge in [-0.05, 0) is 62.4 Å². The number of anilines is 1. The lowest BCUT2D eigenvalue weighted by molar-refractivity contribution is 0.0944. The summed E-state index contributed by atoms with van der Waals surface area (Å²) in [5.41, 5.74) is 3.72. The summed E-state index contributed by atoms with van der Waals surface area (Å²) in [5, 5.41) is 9.83. The van der Waals surface area contributed by atoms with Crippen LogP contribution >= 0.6 is 0 Å². The van der Waals surface area contributed by atoms with E-state index in [4.69, 9.17) is 4.74 Å². The number of hydrogen-bond acceptors (Lipinski definition) is 6. The minimum Gasteiger partial charge on any atom is -0.491 e. The summed E-state index contributed by atoms with van der Waals surface area (Å²) >= 11 is 0. The van der Waals surface area contributed by atoms with Crippen LogP contribution in [-0.2, 0) is 6.42 Å². The summed E-state index contributed by atoms with van der Waals surface area (Å²) < 4.78 is 5.94. The lowest BCUT2D eigenvalue weighted by Crippen LogP contribution is -2.27. The number of para-hydroxylation sites is 1. The molecule has 4 N–H and O–H groups in total. The van der Waals surface area contributed by atoms with E-state index in [2.05, 4.69) is 49.1 Å². The average Bonchev–Trinajstić information content (AvgIpc) is 3.08. The van der Waals surface area contributed by atoms with Gasteiger partial charge in [0, 0.05) is 25.8 Å². The molecule has 0 bridgehead atoms. The van der Waals surface area contributed by atoms with Gasteiger partial charge in [0.05, 0.1) is 17.8 Å². The highest BCUT2D eigenvalue weighted by atomic mass is 16.5. The number of ether oxygens (including phenoxy) is 1. The van der Waals surface area contributed by atoms with Crippen molar-refractivity contribution in [3.8, 4) is 5.75 Å². The van der Waals surface area contributed by atoms with E-state index < -0.39 is 0 Å².